The third-order valence-corrected chi connectivity index (χ3v) is 9.26. The quantitative estimate of drug-likeness (QED) is 0.0763. The van der Waals surface area contributed by atoms with Gasteiger partial charge >= 0.3 is 5.97 Å². The second kappa shape index (κ2) is 14.0. The van der Waals surface area contributed by atoms with E-state index in [1.165, 1.54) is 23.5 Å². The monoisotopic (exact) mass is 663 g/mol. The number of nitro benzene ring substituents is 1. The van der Waals surface area contributed by atoms with Crippen molar-refractivity contribution in [2.75, 3.05) is 12.9 Å². The Hall–Kier alpha value is -5.26. The fourth-order valence-electron chi connectivity index (χ4n) is 5.23. The molecular weight excluding hydrogens is 635 g/mol. The van der Waals surface area contributed by atoms with Gasteiger partial charge in [-0.05, 0) is 72.3 Å². The lowest BCUT2D eigenvalue weighted by molar-refractivity contribution is -0.384. The topological polar surface area (TPSA) is 113 Å². The molecule has 5 aromatic rings. The highest BCUT2D eigenvalue weighted by Crippen LogP contribution is 2.35. The van der Waals surface area contributed by atoms with Crippen molar-refractivity contribution in [1.82, 2.24) is 4.57 Å². The summed E-state index contributed by atoms with van der Waals surface area (Å²) >= 11 is 2.87. The van der Waals surface area contributed by atoms with Gasteiger partial charge in [0, 0.05) is 22.6 Å². The van der Waals surface area contributed by atoms with Crippen LogP contribution in [0.25, 0.3) is 11.8 Å². The number of nitrogens with zero attached hydrogens (tertiary/aromatic N) is 3. The maximum Gasteiger partial charge on any atom is 0.338 e. The van der Waals surface area contributed by atoms with Gasteiger partial charge in [0.05, 0.1) is 33.4 Å². The van der Waals surface area contributed by atoms with Gasteiger partial charge in [-0.15, -0.1) is 11.8 Å². The Morgan fingerprint density at radius 3 is 2.34 bits per heavy atom. The van der Waals surface area contributed by atoms with Crippen molar-refractivity contribution in [1.29, 1.82) is 0 Å². The number of benzene rings is 4. The van der Waals surface area contributed by atoms with Gasteiger partial charge in [0.2, 0.25) is 0 Å². The Kier molecular flexibility index (Phi) is 9.46. The van der Waals surface area contributed by atoms with Gasteiger partial charge in [-0.3, -0.25) is 19.5 Å². The standard InChI is InChI=1S/C36H29N3O6S2/c1-3-44-35(41)31-32(25-7-5-4-6-8-25)37-36-38(33(31)26-13-19-29(46-2)20-14-26)34(40)30(47-36)21-23-11-17-28(18-12-23)45-22-24-9-15-27(16-10-24)39(42)43/h4-21,33H,3,22H2,1-2H3/b30-21-/t33-/m0/s1. The number of hydrogen-bond donors (Lipinski definition) is 0. The average molecular weight is 664 g/mol. The predicted molar refractivity (Wildman–Crippen MR) is 183 cm³/mol. The van der Waals surface area contributed by atoms with Crippen molar-refractivity contribution < 1.29 is 19.2 Å². The van der Waals surface area contributed by atoms with E-state index in [1.54, 1.807) is 53.6 Å². The maximum atomic E-state index is 14.1. The van der Waals surface area contributed by atoms with Crippen molar-refractivity contribution in [3.8, 4) is 5.75 Å². The van der Waals surface area contributed by atoms with Crippen LogP contribution in [-0.2, 0) is 16.1 Å². The molecule has 0 bridgehead atoms. The summed E-state index contributed by atoms with van der Waals surface area (Å²) in [5.74, 6) is 0.0925. The molecule has 1 aliphatic rings. The molecule has 9 nitrogen and oxygen atoms in total. The average Bonchev–Trinajstić information content (AvgIpc) is 3.41. The number of hydrogen-bond acceptors (Lipinski definition) is 9. The first-order chi connectivity index (χ1) is 22.9. The molecule has 1 aromatic heterocycles. The molecule has 0 saturated carbocycles. The summed E-state index contributed by atoms with van der Waals surface area (Å²) in [5.41, 5.74) is 3.66. The molecule has 1 aliphatic heterocycles. The second-order valence-electron chi connectivity index (χ2n) is 10.5. The summed E-state index contributed by atoms with van der Waals surface area (Å²) in [5, 5.41) is 10.9. The summed E-state index contributed by atoms with van der Waals surface area (Å²) in [4.78, 5) is 44.6. The van der Waals surface area contributed by atoms with Crippen LogP contribution in [-0.4, -0.2) is 28.3 Å². The first kappa shape index (κ1) is 31.7. The van der Waals surface area contributed by atoms with Gasteiger partial charge in [0.15, 0.2) is 4.80 Å². The number of fused-ring (bicyclic) bond motifs is 1. The molecule has 11 heteroatoms. The highest BCUT2D eigenvalue weighted by Gasteiger charge is 2.35. The summed E-state index contributed by atoms with van der Waals surface area (Å²) in [6.45, 7) is 2.19. The van der Waals surface area contributed by atoms with Gasteiger partial charge in [0.1, 0.15) is 12.4 Å². The molecule has 0 amide bonds. The molecule has 0 aliphatic carbocycles. The number of aromatic nitrogens is 1. The molecule has 0 radical (unpaired) electrons. The van der Waals surface area contributed by atoms with Crippen LogP contribution in [0.3, 0.4) is 0 Å². The van der Waals surface area contributed by atoms with E-state index in [1.807, 2.05) is 73.0 Å². The number of non-ortho nitro benzene ring substituents is 1. The number of carbonyl (C=O) groups is 1. The lowest BCUT2D eigenvalue weighted by Crippen LogP contribution is -2.40. The van der Waals surface area contributed by atoms with Crippen molar-refractivity contribution in [3.63, 3.8) is 0 Å². The molecule has 0 spiro atoms. The molecule has 4 aromatic carbocycles. The number of thioether (sulfide) groups is 1. The van der Waals surface area contributed by atoms with Crippen molar-refractivity contribution in [3.05, 3.63) is 161 Å². The molecule has 1 atom stereocenters. The van der Waals surface area contributed by atoms with E-state index in [9.17, 15) is 19.7 Å². The highest BCUT2D eigenvalue weighted by atomic mass is 32.2. The summed E-state index contributed by atoms with van der Waals surface area (Å²) < 4.78 is 13.5. The number of ether oxygens (including phenoxy) is 2. The molecule has 2 heterocycles. The number of thiazole rings is 1. The predicted octanol–water partition coefficient (Wildman–Crippen LogP) is 6.14. The minimum atomic E-state index is -0.742. The van der Waals surface area contributed by atoms with Gasteiger partial charge in [-0.1, -0.05) is 65.9 Å². The summed E-state index contributed by atoms with van der Waals surface area (Å²) in [6.07, 6.45) is 3.79. The summed E-state index contributed by atoms with van der Waals surface area (Å²) in [7, 11) is 0. The number of rotatable bonds is 10. The van der Waals surface area contributed by atoms with Crippen LogP contribution < -0.4 is 19.6 Å². The fourth-order valence-corrected chi connectivity index (χ4v) is 6.64. The van der Waals surface area contributed by atoms with E-state index in [0.717, 1.165) is 27.1 Å². The van der Waals surface area contributed by atoms with Crippen LogP contribution in [0, 0.1) is 10.1 Å². The minimum Gasteiger partial charge on any atom is -0.489 e. The van der Waals surface area contributed by atoms with Gasteiger partial charge in [0.25, 0.3) is 11.2 Å². The van der Waals surface area contributed by atoms with Crippen LogP contribution in [0.1, 0.15) is 35.2 Å². The minimum absolute atomic E-state index is 0.0246. The van der Waals surface area contributed by atoms with E-state index >= 15 is 0 Å². The Morgan fingerprint density at radius 1 is 1.00 bits per heavy atom. The van der Waals surface area contributed by atoms with E-state index in [4.69, 9.17) is 14.5 Å². The van der Waals surface area contributed by atoms with Crippen molar-refractivity contribution in [2.24, 2.45) is 4.99 Å². The maximum absolute atomic E-state index is 14.1. The van der Waals surface area contributed by atoms with Crippen molar-refractivity contribution >= 4 is 46.5 Å². The van der Waals surface area contributed by atoms with Gasteiger partial charge < -0.3 is 9.47 Å². The Balaban J connectivity index is 1.39. The molecular formula is C36H29N3O6S2. The smallest absolute Gasteiger partial charge is 0.338 e. The normalized spacial score (nSPS) is 14.3. The van der Waals surface area contributed by atoms with Gasteiger partial charge in [-0.25, -0.2) is 9.79 Å². The van der Waals surface area contributed by atoms with Gasteiger partial charge in [-0.2, -0.15) is 0 Å². The van der Waals surface area contributed by atoms with E-state index < -0.39 is 16.9 Å². The van der Waals surface area contributed by atoms with E-state index in [0.29, 0.717) is 26.4 Å². The Labute approximate surface area is 278 Å². The van der Waals surface area contributed by atoms with Crippen LogP contribution in [0.2, 0.25) is 0 Å². The molecule has 0 unspecified atom stereocenters. The lowest BCUT2D eigenvalue weighted by Gasteiger charge is -2.26. The van der Waals surface area contributed by atoms with E-state index in [-0.39, 0.29) is 24.5 Å². The third kappa shape index (κ3) is 6.81. The zero-order chi connectivity index (χ0) is 32.9. The zero-order valence-corrected chi connectivity index (χ0v) is 27.1. The van der Waals surface area contributed by atoms with Crippen LogP contribution in [0.4, 0.5) is 5.69 Å². The highest BCUT2D eigenvalue weighted by molar-refractivity contribution is 7.98. The Morgan fingerprint density at radius 2 is 1.70 bits per heavy atom. The van der Waals surface area contributed by atoms with Crippen LogP contribution >= 0.6 is 23.1 Å². The second-order valence-corrected chi connectivity index (χ2v) is 12.4. The zero-order valence-electron chi connectivity index (χ0n) is 25.5. The van der Waals surface area contributed by atoms with E-state index in [2.05, 4.69) is 0 Å². The first-order valence-corrected chi connectivity index (χ1v) is 16.8. The first-order valence-electron chi connectivity index (χ1n) is 14.7. The lowest BCUT2D eigenvalue weighted by atomic mass is 9.93. The van der Waals surface area contributed by atoms with Crippen LogP contribution in [0.15, 0.2) is 123 Å². The molecule has 0 N–H and O–H groups in total. The Bertz CT molecular complexity index is 2140. The molecule has 0 fully saturated rings. The summed E-state index contributed by atoms with van der Waals surface area (Å²) in [6, 6.07) is 30.1. The largest absolute Gasteiger partial charge is 0.489 e. The fraction of sp³-hybridized carbons (Fsp3) is 0.139. The number of nitro groups is 1. The third-order valence-electron chi connectivity index (χ3n) is 7.54. The molecule has 6 rings (SSSR count). The molecule has 0 saturated heterocycles. The van der Waals surface area contributed by atoms with Crippen molar-refractivity contribution in [2.45, 2.75) is 24.5 Å². The number of esters is 1. The van der Waals surface area contributed by atoms with Crippen LogP contribution in [0.5, 0.6) is 5.75 Å². The molecule has 47 heavy (non-hydrogen) atoms. The molecule has 236 valence electrons. The SMILES string of the molecule is CCOC(=O)C1=C(c2ccccc2)N=c2s/c(=C\c3ccc(OCc4ccc([N+](=O)[O-])cc4)cc3)c(=O)n2[C@H]1c1ccc(SC)cc1. The number of carbonyl (C=O) groups excluding carboxylic acids is 1.